The third kappa shape index (κ3) is 4.51. The Morgan fingerprint density at radius 3 is 2.69 bits per heavy atom. The Hall–Kier alpha value is -3.05. The summed E-state index contributed by atoms with van der Waals surface area (Å²) in [5, 5.41) is 5.25. The van der Waals surface area contributed by atoms with Gasteiger partial charge < -0.3 is 15.0 Å². The normalized spacial score (nSPS) is 13.7. The maximum atomic E-state index is 12.4. The number of ether oxygens (including phenoxy) is 1. The van der Waals surface area contributed by atoms with Crippen molar-refractivity contribution in [2.75, 3.05) is 18.5 Å². The predicted molar refractivity (Wildman–Crippen MR) is 114 cm³/mol. The van der Waals surface area contributed by atoms with Gasteiger partial charge in [0.05, 0.1) is 0 Å². The van der Waals surface area contributed by atoms with Crippen molar-refractivity contribution < 1.29 is 14.3 Å². The lowest BCUT2D eigenvalue weighted by Crippen LogP contribution is -2.24. The number of halogens is 1. The molecule has 1 aliphatic rings. The van der Waals surface area contributed by atoms with Crippen LogP contribution in [0.25, 0.3) is 10.8 Å². The molecular formula is C23H21ClN2O3. The molecule has 1 fully saturated rings. The highest BCUT2D eigenvalue weighted by atomic mass is 35.5. The van der Waals surface area contributed by atoms with Gasteiger partial charge in [-0.2, -0.15) is 0 Å². The SMILES string of the molecule is O=C(COc1ccc(Cl)c2ccccc12)Nc1cccc(CN2CCCC2=O)c1. The van der Waals surface area contributed by atoms with E-state index in [0.29, 0.717) is 29.4 Å². The minimum absolute atomic E-state index is 0.111. The lowest BCUT2D eigenvalue weighted by atomic mass is 10.1. The molecule has 0 atom stereocenters. The van der Waals surface area contributed by atoms with E-state index >= 15 is 0 Å². The van der Waals surface area contributed by atoms with Crippen LogP contribution < -0.4 is 10.1 Å². The molecule has 29 heavy (non-hydrogen) atoms. The molecule has 0 aromatic heterocycles. The molecule has 0 saturated carbocycles. The van der Waals surface area contributed by atoms with Crippen LogP contribution in [-0.2, 0) is 16.1 Å². The summed E-state index contributed by atoms with van der Waals surface area (Å²) in [6, 6.07) is 18.7. The van der Waals surface area contributed by atoms with Crippen molar-refractivity contribution in [1.82, 2.24) is 4.90 Å². The number of likely N-dealkylation sites (tertiary alicyclic amines) is 1. The number of carbonyl (C=O) groups excluding carboxylic acids is 2. The Morgan fingerprint density at radius 1 is 1.07 bits per heavy atom. The second-order valence-corrected chi connectivity index (χ2v) is 7.45. The van der Waals surface area contributed by atoms with E-state index < -0.39 is 0 Å². The fraction of sp³-hybridized carbons (Fsp3) is 0.217. The topological polar surface area (TPSA) is 58.6 Å². The third-order valence-corrected chi connectivity index (χ3v) is 5.27. The molecule has 1 saturated heterocycles. The maximum absolute atomic E-state index is 12.4. The van der Waals surface area contributed by atoms with E-state index in [1.165, 1.54) is 0 Å². The van der Waals surface area contributed by atoms with Gasteiger partial charge in [-0.05, 0) is 36.2 Å². The monoisotopic (exact) mass is 408 g/mol. The smallest absolute Gasteiger partial charge is 0.262 e. The van der Waals surface area contributed by atoms with Crippen LogP contribution in [-0.4, -0.2) is 29.9 Å². The van der Waals surface area contributed by atoms with Gasteiger partial charge in [-0.15, -0.1) is 0 Å². The lowest BCUT2D eigenvalue weighted by molar-refractivity contribution is -0.128. The van der Waals surface area contributed by atoms with E-state index in [-0.39, 0.29) is 18.4 Å². The Kier molecular flexibility index (Phi) is 5.67. The molecule has 0 spiro atoms. The number of carbonyl (C=O) groups is 2. The minimum Gasteiger partial charge on any atom is -0.483 e. The van der Waals surface area contributed by atoms with Crippen molar-refractivity contribution in [3.8, 4) is 5.75 Å². The van der Waals surface area contributed by atoms with Gasteiger partial charge in [-0.1, -0.05) is 48.0 Å². The molecule has 4 rings (SSSR count). The second kappa shape index (κ2) is 8.53. The number of benzene rings is 3. The van der Waals surface area contributed by atoms with Crippen LogP contribution in [0, 0.1) is 0 Å². The lowest BCUT2D eigenvalue weighted by Gasteiger charge is -2.16. The van der Waals surface area contributed by atoms with Crippen molar-refractivity contribution in [3.63, 3.8) is 0 Å². The number of anilines is 1. The molecule has 3 aromatic rings. The van der Waals surface area contributed by atoms with Crippen LogP contribution in [0.15, 0.2) is 60.7 Å². The number of nitrogens with one attached hydrogen (secondary N) is 1. The summed E-state index contributed by atoms with van der Waals surface area (Å²) in [6.45, 7) is 1.24. The Bertz CT molecular complexity index is 1070. The molecule has 1 N–H and O–H groups in total. The van der Waals surface area contributed by atoms with Crippen molar-refractivity contribution in [3.05, 3.63) is 71.2 Å². The number of amides is 2. The molecule has 0 unspecified atom stereocenters. The largest absolute Gasteiger partial charge is 0.483 e. The molecule has 5 nitrogen and oxygen atoms in total. The second-order valence-electron chi connectivity index (χ2n) is 7.05. The minimum atomic E-state index is -0.251. The average Bonchev–Trinajstić information content (AvgIpc) is 3.12. The van der Waals surface area contributed by atoms with Crippen molar-refractivity contribution >= 4 is 39.9 Å². The number of hydrogen-bond donors (Lipinski definition) is 1. The van der Waals surface area contributed by atoms with Crippen LogP contribution >= 0.6 is 11.6 Å². The van der Waals surface area contributed by atoms with Crippen molar-refractivity contribution in [2.45, 2.75) is 19.4 Å². The van der Waals surface area contributed by atoms with Crippen LogP contribution in [0.3, 0.4) is 0 Å². The first kappa shape index (κ1) is 19.3. The van der Waals surface area contributed by atoms with E-state index in [4.69, 9.17) is 16.3 Å². The molecule has 0 bridgehead atoms. The van der Waals surface area contributed by atoms with Crippen LogP contribution in [0.1, 0.15) is 18.4 Å². The van der Waals surface area contributed by atoms with Gasteiger partial charge in [0.25, 0.3) is 5.91 Å². The molecule has 1 aliphatic heterocycles. The molecule has 3 aromatic carbocycles. The zero-order chi connectivity index (χ0) is 20.2. The summed E-state index contributed by atoms with van der Waals surface area (Å²) in [5.41, 5.74) is 1.67. The maximum Gasteiger partial charge on any atom is 0.262 e. The van der Waals surface area contributed by atoms with Crippen molar-refractivity contribution in [1.29, 1.82) is 0 Å². The molecule has 0 aliphatic carbocycles. The van der Waals surface area contributed by atoms with Gasteiger partial charge in [0.15, 0.2) is 6.61 Å². The number of fused-ring (bicyclic) bond motifs is 1. The highest BCUT2D eigenvalue weighted by Gasteiger charge is 2.20. The fourth-order valence-corrected chi connectivity index (χ4v) is 3.77. The first-order valence-electron chi connectivity index (χ1n) is 9.57. The standard InChI is InChI=1S/C23H21ClN2O3/c24-20-10-11-21(19-8-2-1-7-18(19)20)29-15-22(27)25-17-6-3-5-16(13-17)14-26-12-4-9-23(26)28/h1-3,5-8,10-11,13H,4,9,12,14-15H2,(H,25,27). The zero-order valence-corrected chi connectivity index (χ0v) is 16.6. The van der Waals surface area contributed by atoms with Gasteiger partial charge in [-0.3, -0.25) is 9.59 Å². The molecule has 148 valence electrons. The average molecular weight is 409 g/mol. The summed E-state index contributed by atoms with van der Waals surface area (Å²) < 4.78 is 5.74. The van der Waals surface area contributed by atoms with Gasteiger partial charge in [0, 0.05) is 41.0 Å². The first-order chi connectivity index (χ1) is 14.1. The number of nitrogens with zero attached hydrogens (tertiary/aromatic N) is 1. The highest BCUT2D eigenvalue weighted by Crippen LogP contribution is 2.31. The van der Waals surface area contributed by atoms with E-state index in [2.05, 4.69) is 5.32 Å². The Morgan fingerprint density at radius 2 is 1.90 bits per heavy atom. The summed E-state index contributed by atoms with van der Waals surface area (Å²) in [5.74, 6) is 0.544. The van der Waals surface area contributed by atoms with E-state index in [0.717, 1.165) is 29.3 Å². The predicted octanol–water partition coefficient (Wildman–Crippen LogP) is 4.63. The molecule has 2 amide bonds. The Labute approximate surface area is 174 Å². The quantitative estimate of drug-likeness (QED) is 0.646. The third-order valence-electron chi connectivity index (χ3n) is 4.95. The van der Waals surface area contributed by atoms with E-state index in [9.17, 15) is 9.59 Å². The summed E-state index contributed by atoms with van der Waals surface area (Å²) in [7, 11) is 0. The molecular weight excluding hydrogens is 388 g/mol. The van der Waals surface area contributed by atoms with E-state index in [1.807, 2.05) is 53.4 Å². The summed E-state index contributed by atoms with van der Waals surface area (Å²) >= 11 is 6.22. The van der Waals surface area contributed by atoms with Gasteiger partial charge in [0.1, 0.15) is 5.75 Å². The highest BCUT2D eigenvalue weighted by molar-refractivity contribution is 6.35. The van der Waals surface area contributed by atoms with Crippen LogP contribution in [0.4, 0.5) is 5.69 Å². The number of rotatable bonds is 6. The summed E-state index contributed by atoms with van der Waals surface area (Å²) in [4.78, 5) is 26.0. The van der Waals surface area contributed by atoms with Crippen molar-refractivity contribution in [2.24, 2.45) is 0 Å². The Balaban J connectivity index is 1.39. The summed E-state index contributed by atoms with van der Waals surface area (Å²) in [6.07, 6.45) is 1.53. The molecule has 0 radical (unpaired) electrons. The van der Waals surface area contributed by atoms with Gasteiger partial charge >= 0.3 is 0 Å². The molecule has 6 heteroatoms. The number of hydrogen-bond acceptors (Lipinski definition) is 3. The van der Waals surface area contributed by atoms with Gasteiger partial charge in [-0.25, -0.2) is 0 Å². The van der Waals surface area contributed by atoms with Gasteiger partial charge in [0.2, 0.25) is 5.91 Å². The fourth-order valence-electron chi connectivity index (χ4n) is 3.54. The van der Waals surface area contributed by atoms with E-state index in [1.54, 1.807) is 12.1 Å². The zero-order valence-electron chi connectivity index (χ0n) is 15.9. The molecule has 1 heterocycles. The van der Waals surface area contributed by atoms with Crippen LogP contribution in [0.2, 0.25) is 5.02 Å². The van der Waals surface area contributed by atoms with Crippen LogP contribution in [0.5, 0.6) is 5.75 Å². The first-order valence-corrected chi connectivity index (χ1v) is 9.94.